The third-order valence-corrected chi connectivity index (χ3v) is 10.7. The highest BCUT2D eigenvalue weighted by Gasteiger charge is 2.35. The van der Waals surface area contributed by atoms with Crippen LogP contribution in [0.3, 0.4) is 0 Å². The van der Waals surface area contributed by atoms with Gasteiger partial charge in [0.05, 0.1) is 28.3 Å². The van der Waals surface area contributed by atoms with Crippen molar-refractivity contribution in [1.82, 2.24) is 4.98 Å². The molecular formula is C38H32F3N5O4S. The SMILES string of the molecule is O=C(Nc1c(F)cccc1F)c1cc2c(s1)-c1ccc(F)cc1N(C(O)c1ccc(NC(=O)c3cccnc3N3CC4CCC(C3)O4)cc1)CC2. The molecule has 13 heteroatoms. The average Bonchev–Trinajstić information content (AvgIpc) is 3.68. The van der Waals surface area contributed by atoms with Crippen LogP contribution in [0.2, 0.25) is 0 Å². The number of ether oxygens (including phenoxy) is 1. The number of thiophene rings is 1. The lowest BCUT2D eigenvalue weighted by Gasteiger charge is -2.33. The van der Waals surface area contributed by atoms with Gasteiger partial charge in [-0.15, -0.1) is 11.3 Å². The van der Waals surface area contributed by atoms with E-state index in [9.17, 15) is 27.9 Å². The van der Waals surface area contributed by atoms with Gasteiger partial charge in [0.1, 0.15) is 29.0 Å². The molecule has 5 heterocycles. The fourth-order valence-corrected chi connectivity index (χ4v) is 8.17. The first-order chi connectivity index (χ1) is 24.7. The number of morpholine rings is 1. The number of benzene rings is 3. The van der Waals surface area contributed by atoms with E-state index < -0.39 is 35.3 Å². The van der Waals surface area contributed by atoms with Crippen molar-refractivity contribution in [3.8, 4) is 10.4 Å². The van der Waals surface area contributed by atoms with Gasteiger partial charge in [-0.05, 0) is 85.5 Å². The van der Waals surface area contributed by atoms with E-state index >= 15 is 0 Å². The number of aliphatic hydroxyl groups excluding tert-OH is 1. The molecule has 2 bridgehead atoms. The van der Waals surface area contributed by atoms with Crippen LogP contribution in [0.15, 0.2) is 85.1 Å². The van der Waals surface area contributed by atoms with Crippen molar-refractivity contribution in [3.05, 3.63) is 124 Å². The zero-order valence-electron chi connectivity index (χ0n) is 27.1. The quantitative estimate of drug-likeness (QED) is 0.165. The number of aliphatic hydroxyl groups is 1. The van der Waals surface area contributed by atoms with Crippen LogP contribution in [-0.4, -0.2) is 53.7 Å². The number of halogens is 3. The van der Waals surface area contributed by atoms with Crippen LogP contribution >= 0.6 is 11.3 Å². The van der Waals surface area contributed by atoms with Gasteiger partial charge in [-0.3, -0.25) is 9.59 Å². The fourth-order valence-electron chi connectivity index (χ4n) is 7.03. The number of nitrogens with zero attached hydrogens (tertiary/aromatic N) is 3. The number of aromatic nitrogens is 1. The second-order valence-electron chi connectivity index (χ2n) is 12.8. The lowest BCUT2D eigenvalue weighted by Crippen LogP contribution is -2.43. The number of carbonyl (C=O) groups excluding carboxylic acids is 2. The first-order valence-electron chi connectivity index (χ1n) is 16.6. The van der Waals surface area contributed by atoms with Crippen LogP contribution in [0, 0.1) is 17.5 Å². The number of fused-ring (bicyclic) bond motifs is 5. The summed E-state index contributed by atoms with van der Waals surface area (Å²) in [5.74, 6) is -2.63. The monoisotopic (exact) mass is 711 g/mol. The van der Waals surface area contributed by atoms with Gasteiger partial charge in [0.15, 0.2) is 6.23 Å². The van der Waals surface area contributed by atoms with E-state index in [0.717, 1.165) is 41.9 Å². The maximum absolute atomic E-state index is 14.7. The number of carbonyl (C=O) groups is 2. The number of para-hydroxylation sites is 1. The van der Waals surface area contributed by atoms with E-state index in [1.54, 1.807) is 59.6 Å². The molecule has 2 saturated heterocycles. The smallest absolute Gasteiger partial charge is 0.265 e. The molecule has 2 amide bonds. The molecule has 0 saturated carbocycles. The van der Waals surface area contributed by atoms with Crippen molar-refractivity contribution in [3.63, 3.8) is 0 Å². The second kappa shape index (κ2) is 13.5. The van der Waals surface area contributed by atoms with Gasteiger partial charge >= 0.3 is 0 Å². The highest BCUT2D eigenvalue weighted by Crippen LogP contribution is 2.44. The zero-order chi connectivity index (χ0) is 35.2. The first-order valence-corrected chi connectivity index (χ1v) is 17.4. The summed E-state index contributed by atoms with van der Waals surface area (Å²) in [7, 11) is 0. The molecule has 51 heavy (non-hydrogen) atoms. The molecule has 2 aromatic heterocycles. The predicted molar refractivity (Wildman–Crippen MR) is 189 cm³/mol. The zero-order valence-corrected chi connectivity index (χ0v) is 27.9. The highest BCUT2D eigenvalue weighted by molar-refractivity contribution is 7.17. The normalized spacial score (nSPS) is 18.4. The van der Waals surface area contributed by atoms with Crippen LogP contribution in [0.4, 0.5) is 36.1 Å². The first kappa shape index (κ1) is 32.9. The van der Waals surface area contributed by atoms with E-state index in [1.165, 1.54) is 18.2 Å². The number of hydrogen-bond donors (Lipinski definition) is 3. The molecule has 0 radical (unpaired) electrons. The summed E-state index contributed by atoms with van der Waals surface area (Å²) in [6, 6.07) is 19.5. The van der Waals surface area contributed by atoms with Crippen LogP contribution < -0.4 is 20.4 Å². The van der Waals surface area contributed by atoms with Gasteiger partial charge in [-0.2, -0.15) is 0 Å². The van der Waals surface area contributed by atoms with Crippen molar-refractivity contribution in [2.24, 2.45) is 0 Å². The Balaban J connectivity index is 0.999. The maximum atomic E-state index is 14.7. The summed E-state index contributed by atoms with van der Waals surface area (Å²) in [6.45, 7) is 1.64. The minimum atomic E-state index is -1.17. The van der Waals surface area contributed by atoms with E-state index in [1.807, 2.05) is 0 Å². The maximum Gasteiger partial charge on any atom is 0.265 e. The van der Waals surface area contributed by atoms with Gasteiger partial charge < -0.3 is 30.3 Å². The van der Waals surface area contributed by atoms with Crippen molar-refractivity contribution >= 4 is 46.0 Å². The van der Waals surface area contributed by atoms with Crippen molar-refractivity contribution < 1.29 is 32.6 Å². The minimum absolute atomic E-state index is 0.142. The van der Waals surface area contributed by atoms with Crippen LogP contribution in [0.1, 0.15) is 50.2 Å². The Kier molecular flexibility index (Phi) is 8.70. The summed E-state index contributed by atoms with van der Waals surface area (Å²) in [4.78, 5) is 35.8. The molecule has 3 aromatic carbocycles. The van der Waals surface area contributed by atoms with Crippen molar-refractivity contribution in [2.45, 2.75) is 37.7 Å². The number of rotatable bonds is 7. The summed E-state index contributed by atoms with van der Waals surface area (Å²) in [6.07, 6.45) is 3.19. The second-order valence-corrected chi connectivity index (χ2v) is 13.9. The molecule has 0 aliphatic carbocycles. The van der Waals surface area contributed by atoms with Crippen LogP contribution in [0.25, 0.3) is 10.4 Å². The third kappa shape index (κ3) is 6.44. The molecule has 3 atom stereocenters. The molecule has 3 N–H and O–H groups in total. The largest absolute Gasteiger partial charge is 0.371 e. The number of amides is 2. The molecule has 5 aromatic rings. The Bertz CT molecular complexity index is 2110. The molecule has 3 aliphatic heterocycles. The molecular weight excluding hydrogens is 680 g/mol. The Morgan fingerprint density at radius 2 is 1.65 bits per heavy atom. The van der Waals surface area contributed by atoms with Crippen LogP contribution in [0.5, 0.6) is 0 Å². The summed E-state index contributed by atoms with van der Waals surface area (Å²) in [5, 5.41) is 16.9. The number of anilines is 4. The Morgan fingerprint density at radius 1 is 0.902 bits per heavy atom. The van der Waals surface area contributed by atoms with Crippen LogP contribution in [-0.2, 0) is 11.2 Å². The van der Waals surface area contributed by atoms with E-state index in [4.69, 9.17) is 4.74 Å². The minimum Gasteiger partial charge on any atom is -0.371 e. The van der Waals surface area contributed by atoms with E-state index in [2.05, 4.69) is 20.5 Å². The third-order valence-electron chi connectivity index (χ3n) is 9.51. The Hall–Kier alpha value is -5.24. The molecule has 9 nitrogen and oxygen atoms in total. The lowest BCUT2D eigenvalue weighted by atomic mass is 10.1. The van der Waals surface area contributed by atoms with Gasteiger partial charge in [-0.1, -0.05) is 18.2 Å². The molecule has 3 aliphatic rings. The Morgan fingerprint density at radius 3 is 2.39 bits per heavy atom. The van der Waals surface area contributed by atoms with Gasteiger partial charge in [0.25, 0.3) is 11.8 Å². The summed E-state index contributed by atoms with van der Waals surface area (Å²) >= 11 is 1.12. The molecule has 3 unspecified atom stereocenters. The van der Waals surface area contributed by atoms with Gasteiger partial charge in [-0.25, -0.2) is 18.2 Å². The standard InChI is InChI=1S/C38H32F3N5O4S/c39-23-8-13-27-31(18-23)46(16-14-22-17-32(51-34(22)27)37(48)44-33-29(40)4-1-5-30(33)41)38(49)21-6-9-24(10-7-21)43-36(47)28-3-2-15-42-35(28)45-19-25-11-12-26(20-45)50-25/h1-10,13,15,17-18,25-26,38,49H,11-12,14,16,19-20H2,(H,43,47)(H,44,48). The topological polar surface area (TPSA) is 107 Å². The molecule has 2 fully saturated rings. The number of hydrogen-bond acceptors (Lipinski definition) is 8. The molecule has 8 rings (SSSR count). The van der Waals surface area contributed by atoms with E-state index in [0.29, 0.717) is 58.3 Å². The summed E-state index contributed by atoms with van der Waals surface area (Å²) in [5.41, 5.74) is 2.78. The van der Waals surface area contributed by atoms with Crippen molar-refractivity contribution in [2.75, 3.05) is 40.1 Å². The fraction of sp³-hybridized carbons (Fsp3) is 0.237. The predicted octanol–water partition coefficient (Wildman–Crippen LogP) is 7.15. The highest BCUT2D eigenvalue weighted by atomic mass is 32.1. The van der Waals surface area contributed by atoms with Crippen molar-refractivity contribution in [1.29, 1.82) is 0 Å². The van der Waals surface area contributed by atoms with Gasteiger partial charge in [0.2, 0.25) is 0 Å². The number of pyridine rings is 1. The summed E-state index contributed by atoms with van der Waals surface area (Å²) < 4.78 is 49.1. The molecule has 260 valence electrons. The lowest BCUT2D eigenvalue weighted by molar-refractivity contribution is 0.0301. The average molecular weight is 712 g/mol. The number of nitrogens with one attached hydrogen (secondary N) is 2. The van der Waals surface area contributed by atoms with E-state index in [-0.39, 0.29) is 29.5 Å². The van der Waals surface area contributed by atoms with Gasteiger partial charge in [0, 0.05) is 47.5 Å². The Labute approximate surface area is 295 Å². The molecule has 0 spiro atoms.